The van der Waals surface area contributed by atoms with E-state index < -0.39 is 6.61 Å². The number of H-pyrrole nitrogens is 1. The van der Waals surface area contributed by atoms with Gasteiger partial charge in [0.15, 0.2) is 5.82 Å². The highest BCUT2D eigenvalue weighted by molar-refractivity contribution is 5.76. The molecule has 1 fully saturated rings. The van der Waals surface area contributed by atoms with Gasteiger partial charge in [0.2, 0.25) is 0 Å². The predicted octanol–water partition coefficient (Wildman–Crippen LogP) is 3.60. The number of nitrogens with one attached hydrogen (secondary N) is 1. The average molecular weight is 293 g/mol. The standard InChI is InChI=1S/C15H17F2N3O/c16-15(17)21-11-6-4-10(5-7-11)13-12(19-20-14(13)18)8-9-2-1-3-9/h4-7,9,15H,1-3,8H2,(H3,18,19,20). The molecule has 21 heavy (non-hydrogen) atoms. The van der Waals surface area contributed by atoms with Gasteiger partial charge in [0.25, 0.3) is 0 Å². The number of halogens is 2. The van der Waals surface area contributed by atoms with Crippen LogP contribution in [0.5, 0.6) is 5.75 Å². The van der Waals surface area contributed by atoms with Gasteiger partial charge in [-0.1, -0.05) is 31.4 Å². The molecule has 0 radical (unpaired) electrons. The number of benzene rings is 1. The Morgan fingerprint density at radius 1 is 1.29 bits per heavy atom. The molecular weight excluding hydrogens is 276 g/mol. The minimum absolute atomic E-state index is 0.136. The van der Waals surface area contributed by atoms with Crippen LogP contribution in [-0.4, -0.2) is 16.8 Å². The summed E-state index contributed by atoms with van der Waals surface area (Å²) in [4.78, 5) is 0. The molecule has 6 heteroatoms. The zero-order valence-electron chi connectivity index (χ0n) is 11.5. The number of nitrogen functional groups attached to an aromatic ring is 1. The number of anilines is 1. The predicted molar refractivity (Wildman–Crippen MR) is 76.1 cm³/mol. The van der Waals surface area contributed by atoms with Crippen molar-refractivity contribution >= 4 is 5.82 Å². The third-order valence-electron chi connectivity index (χ3n) is 3.95. The van der Waals surface area contributed by atoms with E-state index in [9.17, 15) is 8.78 Å². The maximum absolute atomic E-state index is 12.2. The van der Waals surface area contributed by atoms with E-state index in [1.54, 1.807) is 12.1 Å². The fourth-order valence-corrected chi connectivity index (χ4v) is 2.65. The molecule has 0 unspecified atom stereocenters. The zero-order chi connectivity index (χ0) is 14.8. The molecule has 4 nitrogen and oxygen atoms in total. The maximum Gasteiger partial charge on any atom is 0.387 e. The lowest BCUT2D eigenvalue weighted by Crippen LogP contribution is -2.14. The highest BCUT2D eigenvalue weighted by Gasteiger charge is 2.22. The fourth-order valence-electron chi connectivity index (χ4n) is 2.65. The largest absolute Gasteiger partial charge is 0.435 e. The summed E-state index contributed by atoms with van der Waals surface area (Å²) in [6.45, 7) is -2.82. The maximum atomic E-state index is 12.2. The van der Waals surface area contributed by atoms with Crippen LogP contribution in [-0.2, 0) is 6.42 Å². The van der Waals surface area contributed by atoms with Gasteiger partial charge in [-0.05, 0) is 30.0 Å². The molecule has 1 saturated carbocycles. The van der Waals surface area contributed by atoms with Gasteiger partial charge in [-0.25, -0.2) is 0 Å². The summed E-state index contributed by atoms with van der Waals surface area (Å²) in [6, 6.07) is 6.48. The summed E-state index contributed by atoms with van der Waals surface area (Å²) in [5.74, 6) is 1.26. The summed E-state index contributed by atoms with van der Waals surface area (Å²) in [5.41, 5.74) is 8.67. The van der Waals surface area contributed by atoms with Crippen LogP contribution in [0.15, 0.2) is 24.3 Å². The quantitative estimate of drug-likeness (QED) is 0.885. The second-order valence-electron chi connectivity index (χ2n) is 5.37. The van der Waals surface area contributed by atoms with Crippen LogP contribution in [0.1, 0.15) is 25.0 Å². The first-order chi connectivity index (χ1) is 10.1. The Labute approximate surface area is 121 Å². The van der Waals surface area contributed by atoms with E-state index in [0.29, 0.717) is 11.7 Å². The van der Waals surface area contributed by atoms with Crippen molar-refractivity contribution in [2.45, 2.75) is 32.3 Å². The number of nitrogens with zero attached hydrogens (tertiary/aromatic N) is 1. The molecule has 1 heterocycles. The lowest BCUT2D eigenvalue weighted by Gasteiger charge is -2.25. The number of alkyl halides is 2. The average Bonchev–Trinajstić information content (AvgIpc) is 2.75. The van der Waals surface area contributed by atoms with Crippen LogP contribution in [0.3, 0.4) is 0 Å². The van der Waals surface area contributed by atoms with E-state index in [0.717, 1.165) is 23.2 Å². The van der Waals surface area contributed by atoms with Crippen LogP contribution in [0, 0.1) is 5.92 Å². The van der Waals surface area contributed by atoms with E-state index in [4.69, 9.17) is 5.73 Å². The van der Waals surface area contributed by atoms with Crippen LogP contribution >= 0.6 is 0 Å². The normalized spacial score (nSPS) is 15.2. The Morgan fingerprint density at radius 2 is 2.00 bits per heavy atom. The van der Waals surface area contributed by atoms with Gasteiger partial charge < -0.3 is 10.5 Å². The zero-order valence-corrected chi connectivity index (χ0v) is 11.5. The van der Waals surface area contributed by atoms with Crippen molar-refractivity contribution in [3.05, 3.63) is 30.0 Å². The van der Waals surface area contributed by atoms with E-state index in [-0.39, 0.29) is 5.75 Å². The first-order valence-electron chi connectivity index (χ1n) is 7.01. The fraction of sp³-hybridized carbons (Fsp3) is 0.400. The topological polar surface area (TPSA) is 63.9 Å². The van der Waals surface area contributed by atoms with Crippen molar-refractivity contribution in [2.75, 3.05) is 5.73 Å². The van der Waals surface area contributed by atoms with E-state index in [1.807, 2.05) is 0 Å². The number of aromatic amines is 1. The number of rotatable bonds is 5. The summed E-state index contributed by atoms with van der Waals surface area (Å²) >= 11 is 0. The summed E-state index contributed by atoms with van der Waals surface area (Å²) in [7, 11) is 0. The van der Waals surface area contributed by atoms with Crippen molar-refractivity contribution in [3.8, 4) is 16.9 Å². The molecule has 0 amide bonds. The first kappa shape index (κ1) is 13.9. The second-order valence-corrected chi connectivity index (χ2v) is 5.37. The highest BCUT2D eigenvalue weighted by atomic mass is 19.3. The Bertz CT molecular complexity index is 606. The molecule has 112 valence electrons. The van der Waals surface area contributed by atoms with Crippen LogP contribution in [0.2, 0.25) is 0 Å². The Hall–Kier alpha value is -2.11. The molecule has 0 saturated heterocycles. The van der Waals surface area contributed by atoms with Gasteiger partial charge >= 0.3 is 6.61 Å². The van der Waals surface area contributed by atoms with E-state index >= 15 is 0 Å². The molecule has 0 bridgehead atoms. The highest BCUT2D eigenvalue weighted by Crippen LogP contribution is 2.35. The molecule has 0 spiro atoms. The van der Waals surface area contributed by atoms with Gasteiger partial charge in [-0.2, -0.15) is 13.9 Å². The van der Waals surface area contributed by atoms with Gasteiger partial charge in [0, 0.05) is 11.3 Å². The monoisotopic (exact) mass is 293 g/mol. The number of aromatic nitrogens is 2. The number of hydrogen-bond donors (Lipinski definition) is 2. The summed E-state index contributed by atoms with van der Waals surface area (Å²) in [5, 5.41) is 7.07. The second kappa shape index (κ2) is 5.71. The molecule has 3 N–H and O–H groups in total. The van der Waals surface area contributed by atoms with Crippen molar-refractivity contribution in [2.24, 2.45) is 5.92 Å². The van der Waals surface area contributed by atoms with Crippen molar-refractivity contribution in [3.63, 3.8) is 0 Å². The lowest BCUT2D eigenvalue weighted by atomic mass is 9.81. The molecule has 1 aliphatic carbocycles. The number of hydrogen-bond acceptors (Lipinski definition) is 3. The Kier molecular flexibility index (Phi) is 3.77. The number of ether oxygens (including phenoxy) is 1. The van der Waals surface area contributed by atoms with Gasteiger partial charge in [-0.15, -0.1) is 0 Å². The Morgan fingerprint density at radius 3 is 2.57 bits per heavy atom. The summed E-state index contributed by atoms with van der Waals surface area (Å²) in [6.07, 6.45) is 4.68. The van der Waals surface area contributed by atoms with Crippen LogP contribution in [0.25, 0.3) is 11.1 Å². The minimum Gasteiger partial charge on any atom is -0.435 e. The van der Waals surface area contributed by atoms with Crippen molar-refractivity contribution < 1.29 is 13.5 Å². The Balaban J connectivity index is 1.83. The minimum atomic E-state index is -2.82. The van der Waals surface area contributed by atoms with Crippen LogP contribution < -0.4 is 10.5 Å². The van der Waals surface area contributed by atoms with Gasteiger partial charge in [-0.3, -0.25) is 5.10 Å². The SMILES string of the molecule is Nc1n[nH]c(CC2CCC2)c1-c1ccc(OC(F)F)cc1. The van der Waals surface area contributed by atoms with Crippen molar-refractivity contribution in [1.29, 1.82) is 0 Å². The molecule has 3 rings (SSSR count). The summed E-state index contributed by atoms with van der Waals surface area (Å²) < 4.78 is 28.7. The van der Waals surface area contributed by atoms with Gasteiger partial charge in [0.05, 0.1) is 0 Å². The molecule has 1 aromatic heterocycles. The van der Waals surface area contributed by atoms with E-state index in [1.165, 1.54) is 31.4 Å². The lowest BCUT2D eigenvalue weighted by molar-refractivity contribution is -0.0498. The first-order valence-corrected chi connectivity index (χ1v) is 7.01. The molecule has 0 aliphatic heterocycles. The van der Waals surface area contributed by atoms with Crippen LogP contribution in [0.4, 0.5) is 14.6 Å². The third-order valence-corrected chi connectivity index (χ3v) is 3.95. The molecule has 1 aromatic carbocycles. The molecular formula is C15H17F2N3O. The van der Waals surface area contributed by atoms with Gasteiger partial charge in [0.1, 0.15) is 5.75 Å². The number of nitrogens with two attached hydrogens (primary N) is 1. The van der Waals surface area contributed by atoms with Crippen molar-refractivity contribution in [1.82, 2.24) is 10.2 Å². The molecule has 0 atom stereocenters. The van der Waals surface area contributed by atoms with E-state index in [2.05, 4.69) is 14.9 Å². The third kappa shape index (κ3) is 2.99. The smallest absolute Gasteiger partial charge is 0.387 e. The molecule has 1 aliphatic rings. The molecule has 2 aromatic rings.